The van der Waals surface area contributed by atoms with Crippen molar-refractivity contribution in [3.63, 3.8) is 0 Å². The van der Waals surface area contributed by atoms with E-state index in [0.717, 1.165) is 0 Å². The van der Waals surface area contributed by atoms with E-state index in [-0.39, 0.29) is 16.5 Å². The van der Waals surface area contributed by atoms with Crippen molar-refractivity contribution in [3.8, 4) is 0 Å². The molecule has 0 aliphatic heterocycles. The topological polar surface area (TPSA) is 85.9 Å². The van der Waals surface area contributed by atoms with Crippen LogP contribution in [0.25, 0.3) is 0 Å². The van der Waals surface area contributed by atoms with E-state index in [4.69, 9.17) is 11.6 Å². The summed E-state index contributed by atoms with van der Waals surface area (Å²) in [7, 11) is 1.74. The van der Waals surface area contributed by atoms with Gasteiger partial charge in [-0.3, -0.25) is 14.8 Å². The summed E-state index contributed by atoms with van der Waals surface area (Å²) in [4.78, 5) is 14.2. The molecule has 17 heavy (non-hydrogen) atoms. The molecule has 0 aliphatic rings. The Bertz CT molecular complexity index is 568. The van der Waals surface area contributed by atoms with Crippen LogP contribution in [0.4, 0.5) is 17.2 Å². The molecule has 0 aliphatic carbocycles. The fraction of sp³-hybridized carbons (Fsp3) is 0.111. The average Bonchev–Trinajstić information content (AvgIpc) is 2.66. The molecule has 0 aromatic carbocycles. The molecule has 0 amide bonds. The molecular weight excluding hydrogens is 246 g/mol. The molecule has 0 saturated carbocycles. The van der Waals surface area contributed by atoms with Gasteiger partial charge in [0.05, 0.1) is 21.8 Å². The van der Waals surface area contributed by atoms with Crippen LogP contribution in [0.2, 0.25) is 5.02 Å². The molecule has 0 spiro atoms. The number of aromatic nitrogens is 3. The molecule has 0 radical (unpaired) electrons. The average molecular weight is 254 g/mol. The number of hydrogen-bond donors (Lipinski definition) is 1. The van der Waals surface area contributed by atoms with Gasteiger partial charge in [0.2, 0.25) is 5.82 Å². The van der Waals surface area contributed by atoms with Gasteiger partial charge in [0.1, 0.15) is 0 Å². The predicted molar refractivity (Wildman–Crippen MR) is 62.4 cm³/mol. The first-order valence-electron chi connectivity index (χ1n) is 4.62. The zero-order valence-electron chi connectivity index (χ0n) is 8.79. The second-order valence-electron chi connectivity index (χ2n) is 3.31. The number of nitrogens with zero attached hydrogens (tertiary/aromatic N) is 4. The molecule has 0 atom stereocenters. The fourth-order valence-corrected chi connectivity index (χ4v) is 1.44. The molecule has 1 N–H and O–H groups in total. The summed E-state index contributed by atoms with van der Waals surface area (Å²) >= 11 is 5.66. The quantitative estimate of drug-likeness (QED) is 0.669. The Morgan fingerprint density at radius 3 is 2.88 bits per heavy atom. The Morgan fingerprint density at radius 2 is 2.29 bits per heavy atom. The molecule has 2 aromatic rings. The number of halogens is 1. The molecule has 0 saturated heterocycles. The molecule has 2 heterocycles. The Labute approximate surface area is 101 Å². The number of anilines is 2. The van der Waals surface area contributed by atoms with Crippen molar-refractivity contribution in [1.82, 2.24) is 14.8 Å². The molecule has 88 valence electrons. The van der Waals surface area contributed by atoms with E-state index in [1.165, 1.54) is 12.3 Å². The third-order valence-corrected chi connectivity index (χ3v) is 2.21. The number of rotatable bonds is 3. The highest BCUT2D eigenvalue weighted by Gasteiger charge is 2.16. The molecule has 2 aromatic heterocycles. The normalized spacial score (nSPS) is 10.2. The largest absolute Gasteiger partial charge is 0.332 e. The minimum absolute atomic E-state index is 0.132. The van der Waals surface area contributed by atoms with E-state index in [2.05, 4.69) is 15.4 Å². The van der Waals surface area contributed by atoms with Gasteiger partial charge in [0.15, 0.2) is 0 Å². The lowest BCUT2D eigenvalue weighted by atomic mass is 10.4. The highest BCUT2D eigenvalue weighted by Crippen LogP contribution is 2.27. The molecule has 0 fully saturated rings. The summed E-state index contributed by atoms with van der Waals surface area (Å²) in [6.45, 7) is 0. The van der Waals surface area contributed by atoms with E-state index < -0.39 is 4.92 Å². The summed E-state index contributed by atoms with van der Waals surface area (Å²) in [5.41, 5.74) is 0.437. The fourth-order valence-electron chi connectivity index (χ4n) is 1.29. The van der Waals surface area contributed by atoms with Crippen LogP contribution in [0.1, 0.15) is 0 Å². The lowest BCUT2D eigenvalue weighted by Gasteiger charge is -2.03. The van der Waals surface area contributed by atoms with Crippen LogP contribution < -0.4 is 5.32 Å². The monoisotopic (exact) mass is 253 g/mol. The van der Waals surface area contributed by atoms with Crippen LogP contribution in [0.3, 0.4) is 0 Å². The predicted octanol–water partition coefficient (Wildman–Crippen LogP) is 2.12. The van der Waals surface area contributed by atoms with Crippen molar-refractivity contribution in [3.05, 3.63) is 39.8 Å². The second kappa shape index (κ2) is 4.38. The summed E-state index contributed by atoms with van der Waals surface area (Å²) in [5, 5.41) is 17.8. The van der Waals surface area contributed by atoms with Gasteiger partial charge in [-0.2, -0.15) is 5.10 Å². The van der Waals surface area contributed by atoms with Crippen molar-refractivity contribution in [2.75, 3.05) is 5.32 Å². The lowest BCUT2D eigenvalue weighted by Crippen LogP contribution is -1.99. The molecule has 7 nitrogen and oxygen atoms in total. The van der Waals surface area contributed by atoms with Crippen molar-refractivity contribution >= 4 is 28.8 Å². The summed E-state index contributed by atoms with van der Waals surface area (Å²) in [6.07, 6.45) is 4.56. The zero-order chi connectivity index (χ0) is 12.4. The number of hydrogen-bond acceptors (Lipinski definition) is 5. The first-order chi connectivity index (χ1) is 8.06. The van der Waals surface area contributed by atoms with E-state index in [0.29, 0.717) is 5.69 Å². The summed E-state index contributed by atoms with van der Waals surface area (Å²) in [6, 6.07) is 1.24. The van der Waals surface area contributed by atoms with Gasteiger partial charge < -0.3 is 5.32 Å². The summed E-state index contributed by atoms with van der Waals surface area (Å²) in [5.74, 6) is 0.132. The maximum absolute atomic E-state index is 10.8. The first kappa shape index (κ1) is 11.3. The third kappa shape index (κ3) is 2.51. The number of aryl methyl sites for hydroxylation is 1. The van der Waals surface area contributed by atoms with Gasteiger partial charge in [-0.15, -0.1) is 0 Å². The second-order valence-corrected chi connectivity index (χ2v) is 3.74. The third-order valence-electron chi connectivity index (χ3n) is 2.00. The first-order valence-corrected chi connectivity index (χ1v) is 4.99. The zero-order valence-corrected chi connectivity index (χ0v) is 9.55. The number of nitrogens with one attached hydrogen (secondary N) is 1. The lowest BCUT2D eigenvalue weighted by molar-refractivity contribution is -0.384. The molecule has 0 unspecified atom stereocenters. The smallest absolute Gasteiger partial charge is 0.313 e. The molecule has 8 heteroatoms. The van der Waals surface area contributed by atoms with Gasteiger partial charge in [-0.25, -0.2) is 4.98 Å². The van der Waals surface area contributed by atoms with Gasteiger partial charge >= 0.3 is 5.69 Å². The standard InChI is InChI=1S/C9H8ClN5O2/c1-14-5-7(4-12-14)13-9-8(15(16)17)2-6(10)3-11-9/h2-5H,1H3,(H,11,13). The highest BCUT2D eigenvalue weighted by atomic mass is 35.5. The molecule has 0 bridgehead atoms. The van der Waals surface area contributed by atoms with E-state index in [9.17, 15) is 10.1 Å². The molecular formula is C9H8ClN5O2. The Morgan fingerprint density at radius 1 is 1.53 bits per heavy atom. The van der Waals surface area contributed by atoms with Crippen LogP contribution in [-0.4, -0.2) is 19.7 Å². The minimum Gasteiger partial charge on any atom is -0.332 e. The maximum atomic E-state index is 10.8. The Balaban J connectivity index is 2.35. The number of pyridine rings is 1. The van der Waals surface area contributed by atoms with Gasteiger partial charge in [0, 0.05) is 25.5 Å². The van der Waals surface area contributed by atoms with Crippen molar-refractivity contribution < 1.29 is 4.92 Å². The van der Waals surface area contributed by atoms with E-state index in [1.807, 2.05) is 0 Å². The van der Waals surface area contributed by atoms with E-state index in [1.54, 1.807) is 24.1 Å². The van der Waals surface area contributed by atoms with Gasteiger partial charge in [-0.1, -0.05) is 11.6 Å². The molecule has 2 rings (SSSR count). The van der Waals surface area contributed by atoms with Gasteiger partial charge in [-0.05, 0) is 0 Å². The van der Waals surface area contributed by atoms with Crippen molar-refractivity contribution in [1.29, 1.82) is 0 Å². The van der Waals surface area contributed by atoms with Gasteiger partial charge in [0.25, 0.3) is 0 Å². The van der Waals surface area contributed by atoms with Crippen LogP contribution in [0.15, 0.2) is 24.7 Å². The Kier molecular flexibility index (Phi) is 2.92. The maximum Gasteiger partial charge on any atom is 0.313 e. The minimum atomic E-state index is -0.544. The van der Waals surface area contributed by atoms with Crippen molar-refractivity contribution in [2.24, 2.45) is 7.05 Å². The highest BCUT2D eigenvalue weighted by molar-refractivity contribution is 6.30. The van der Waals surface area contributed by atoms with Crippen LogP contribution in [0, 0.1) is 10.1 Å². The SMILES string of the molecule is Cn1cc(Nc2ncc(Cl)cc2[N+](=O)[O-])cn1. The van der Waals surface area contributed by atoms with Crippen LogP contribution in [-0.2, 0) is 7.05 Å². The Hall–Kier alpha value is -2.15. The van der Waals surface area contributed by atoms with Crippen LogP contribution >= 0.6 is 11.6 Å². The summed E-state index contributed by atoms with van der Waals surface area (Å²) < 4.78 is 1.57. The van der Waals surface area contributed by atoms with Crippen molar-refractivity contribution in [2.45, 2.75) is 0 Å². The number of nitro groups is 1. The van der Waals surface area contributed by atoms with E-state index >= 15 is 0 Å². The van der Waals surface area contributed by atoms with Crippen LogP contribution in [0.5, 0.6) is 0 Å².